The van der Waals surface area contributed by atoms with Crippen LogP contribution >= 0.6 is 0 Å². The van der Waals surface area contributed by atoms with Crippen molar-refractivity contribution in [1.82, 2.24) is 4.72 Å². The van der Waals surface area contributed by atoms with Crippen molar-refractivity contribution in [2.45, 2.75) is 43.5 Å². The number of aromatic carboxylic acids is 1. The molecule has 0 fully saturated rings. The van der Waals surface area contributed by atoms with Crippen LogP contribution in [-0.4, -0.2) is 25.5 Å². The zero-order valence-corrected chi connectivity index (χ0v) is 12.7. The van der Waals surface area contributed by atoms with Crippen LogP contribution in [0.25, 0.3) is 0 Å². The van der Waals surface area contributed by atoms with E-state index in [1.807, 2.05) is 19.1 Å². The quantitative estimate of drug-likeness (QED) is 0.818. The minimum Gasteiger partial charge on any atom is -0.478 e. The SMILES string of the molecule is CCc1ccc(S(=O)(=O)NC2CC=CCC2)cc1C(=O)O. The first-order chi connectivity index (χ1) is 9.94. The Hall–Kier alpha value is -1.66. The van der Waals surface area contributed by atoms with Gasteiger partial charge in [-0.05, 0) is 43.4 Å². The molecule has 1 unspecified atom stereocenters. The van der Waals surface area contributed by atoms with Crippen molar-refractivity contribution in [3.8, 4) is 0 Å². The van der Waals surface area contributed by atoms with E-state index in [-0.39, 0.29) is 16.5 Å². The van der Waals surface area contributed by atoms with Gasteiger partial charge in [0.05, 0.1) is 10.5 Å². The Labute approximate surface area is 124 Å². The molecule has 0 bridgehead atoms. The zero-order valence-electron chi connectivity index (χ0n) is 11.9. The Balaban J connectivity index is 2.29. The Morgan fingerprint density at radius 2 is 2.14 bits per heavy atom. The first-order valence-electron chi connectivity index (χ1n) is 6.97. The molecule has 5 nitrogen and oxygen atoms in total. The maximum absolute atomic E-state index is 12.3. The average molecular weight is 309 g/mol. The summed E-state index contributed by atoms with van der Waals surface area (Å²) >= 11 is 0. The molecule has 1 aliphatic carbocycles. The molecule has 0 saturated carbocycles. The summed E-state index contributed by atoms with van der Waals surface area (Å²) in [5, 5.41) is 9.18. The first kappa shape index (κ1) is 15.7. The molecule has 0 aromatic heterocycles. The molecule has 0 spiro atoms. The molecule has 21 heavy (non-hydrogen) atoms. The van der Waals surface area contributed by atoms with Crippen molar-refractivity contribution >= 4 is 16.0 Å². The van der Waals surface area contributed by atoms with E-state index in [2.05, 4.69) is 4.72 Å². The van der Waals surface area contributed by atoms with Crippen molar-refractivity contribution < 1.29 is 18.3 Å². The molecule has 1 aromatic carbocycles. The van der Waals surface area contributed by atoms with Crippen molar-refractivity contribution in [2.24, 2.45) is 0 Å². The number of rotatable bonds is 5. The van der Waals surface area contributed by atoms with Gasteiger partial charge in [-0.2, -0.15) is 0 Å². The van der Waals surface area contributed by atoms with Crippen LogP contribution in [0.1, 0.15) is 42.1 Å². The van der Waals surface area contributed by atoms with Gasteiger partial charge >= 0.3 is 5.97 Å². The second kappa shape index (κ2) is 6.41. The third-order valence-electron chi connectivity index (χ3n) is 3.59. The molecule has 0 saturated heterocycles. The number of carbonyl (C=O) groups is 1. The monoisotopic (exact) mass is 309 g/mol. The highest BCUT2D eigenvalue weighted by Gasteiger charge is 2.22. The average Bonchev–Trinajstić information content (AvgIpc) is 2.47. The fraction of sp³-hybridized carbons (Fsp3) is 0.400. The summed E-state index contributed by atoms with van der Waals surface area (Å²) < 4.78 is 27.3. The molecular weight excluding hydrogens is 290 g/mol. The number of benzene rings is 1. The van der Waals surface area contributed by atoms with E-state index in [1.165, 1.54) is 12.1 Å². The van der Waals surface area contributed by atoms with Crippen LogP contribution in [0.5, 0.6) is 0 Å². The van der Waals surface area contributed by atoms with E-state index in [1.54, 1.807) is 6.07 Å². The fourth-order valence-electron chi connectivity index (χ4n) is 2.42. The van der Waals surface area contributed by atoms with Gasteiger partial charge in [-0.15, -0.1) is 0 Å². The summed E-state index contributed by atoms with van der Waals surface area (Å²) in [7, 11) is -3.69. The smallest absolute Gasteiger partial charge is 0.336 e. The van der Waals surface area contributed by atoms with Crippen molar-refractivity contribution in [1.29, 1.82) is 0 Å². The minimum atomic E-state index is -3.69. The highest BCUT2D eigenvalue weighted by atomic mass is 32.2. The number of carboxylic acid groups (broad SMARTS) is 1. The molecular formula is C15H19NO4S. The Morgan fingerprint density at radius 1 is 1.38 bits per heavy atom. The van der Waals surface area contributed by atoms with Crippen LogP contribution in [0.15, 0.2) is 35.2 Å². The number of allylic oxidation sites excluding steroid dienone is 1. The van der Waals surface area contributed by atoms with Crippen LogP contribution in [-0.2, 0) is 16.4 Å². The summed E-state index contributed by atoms with van der Waals surface area (Å²) in [6.07, 6.45) is 6.81. The molecule has 1 aromatic rings. The van der Waals surface area contributed by atoms with Gasteiger partial charge < -0.3 is 5.11 Å². The van der Waals surface area contributed by atoms with Gasteiger partial charge in [0.2, 0.25) is 10.0 Å². The maximum atomic E-state index is 12.3. The Morgan fingerprint density at radius 3 is 2.71 bits per heavy atom. The van der Waals surface area contributed by atoms with E-state index < -0.39 is 16.0 Å². The van der Waals surface area contributed by atoms with Crippen LogP contribution in [0.4, 0.5) is 0 Å². The largest absolute Gasteiger partial charge is 0.478 e. The number of hydrogen-bond acceptors (Lipinski definition) is 3. The molecule has 1 aliphatic rings. The Kier molecular flexibility index (Phi) is 4.80. The lowest BCUT2D eigenvalue weighted by Crippen LogP contribution is -2.35. The standard InChI is InChI=1S/C15H19NO4S/c1-2-11-8-9-13(10-14(11)15(17)18)21(19,20)16-12-6-4-3-5-7-12/h3-4,8-10,12,16H,2,5-7H2,1H3,(H,17,18). The van der Waals surface area contributed by atoms with Gasteiger partial charge in [-0.25, -0.2) is 17.9 Å². The van der Waals surface area contributed by atoms with E-state index >= 15 is 0 Å². The number of carboxylic acids is 1. The third-order valence-corrected chi connectivity index (χ3v) is 5.11. The first-order valence-corrected chi connectivity index (χ1v) is 8.46. The van der Waals surface area contributed by atoms with Gasteiger partial charge in [0.1, 0.15) is 0 Å². The third kappa shape index (κ3) is 3.71. The number of nitrogens with one attached hydrogen (secondary N) is 1. The van der Waals surface area contributed by atoms with E-state index in [0.717, 1.165) is 12.8 Å². The Bertz CT molecular complexity index is 664. The van der Waals surface area contributed by atoms with Gasteiger partial charge in [0.25, 0.3) is 0 Å². The van der Waals surface area contributed by atoms with Gasteiger partial charge in [-0.3, -0.25) is 0 Å². The van der Waals surface area contributed by atoms with Crippen molar-refractivity contribution in [3.05, 3.63) is 41.5 Å². The second-order valence-electron chi connectivity index (χ2n) is 5.08. The minimum absolute atomic E-state index is 0.00616. The summed E-state index contributed by atoms with van der Waals surface area (Å²) in [6.45, 7) is 1.84. The molecule has 0 amide bonds. The topological polar surface area (TPSA) is 83.5 Å². The number of aryl methyl sites for hydroxylation is 1. The van der Waals surface area contributed by atoms with E-state index in [9.17, 15) is 18.3 Å². The maximum Gasteiger partial charge on any atom is 0.336 e. The number of hydrogen-bond donors (Lipinski definition) is 2. The van der Waals surface area contributed by atoms with E-state index in [0.29, 0.717) is 18.4 Å². The normalized spacial score (nSPS) is 18.6. The van der Waals surface area contributed by atoms with Crippen molar-refractivity contribution in [2.75, 3.05) is 0 Å². The van der Waals surface area contributed by atoms with Crippen LogP contribution in [0.2, 0.25) is 0 Å². The summed E-state index contributed by atoms with van der Waals surface area (Å²) in [5.74, 6) is -1.11. The van der Waals surface area contributed by atoms with Crippen LogP contribution in [0, 0.1) is 0 Å². The molecule has 2 N–H and O–H groups in total. The summed E-state index contributed by atoms with van der Waals surface area (Å²) in [6, 6.07) is 4.15. The van der Waals surface area contributed by atoms with Crippen molar-refractivity contribution in [3.63, 3.8) is 0 Å². The molecule has 6 heteroatoms. The van der Waals surface area contributed by atoms with Gasteiger partial charge in [-0.1, -0.05) is 25.1 Å². The predicted molar refractivity (Wildman–Crippen MR) is 79.9 cm³/mol. The summed E-state index contributed by atoms with van der Waals surface area (Å²) in [4.78, 5) is 11.2. The van der Waals surface area contributed by atoms with Gasteiger partial charge in [0.15, 0.2) is 0 Å². The molecule has 1 atom stereocenters. The highest BCUT2D eigenvalue weighted by Crippen LogP contribution is 2.19. The lowest BCUT2D eigenvalue weighted by atomic mass is 10.0. The summed E-state index contributed by atoms with van der Waals surface area (Å²) in [5.41, 5.74) is 0.672. The highest BCUT2D eigenvalue weighted by molar-refractivity contribution is 7.89. The lowest BCUT2D eigenvalue weighted by molar-refractivity contribution is 0.0695. The fourth-order valence-corrected chi connectivity index (χ4v) is 3.73. The number of sulfonamides is 1. The lowest BCUT2D eigenvalue weighted by Gasteiger charge is -2.19. The van der Waals surface area contributed by atoms with E-state index in [4.69, 9.17) is 0 Å². The van der Waals surface area contributed by atoms with Crippen LogP contribution in [0.3, 0.4) is 0 Å². The predicted octanol–water partition coefficient (Wildman–Crippen LogP) is 2.33. The second-order valence-corrected chi connectivity index (χ2v) is 6.79. The van der Waals surface area contributed by atoms with Crippen LogP contribution < -0.4 is 4.72 Å². The molecule has 2 rings (SSSR count). The molecule has 0 aliphatic heterocycles. The molecule has 114 valence electrons. The molecule has 0 radical (unpaired) electrons. The van der Waals surface area contributed by atoms with Gasteiger partial charge in [0, 0.05) is 6.04 Å². The zero-order chi connectivity index (χ0) is 15.5. The molecule has 0 heterocycles.